The highest BCUT2D eigenvalue weighted by Gasteiger charge is 2.24. The first-order chi connectivity index (χ1) is 11.5. The zero-order valence-corrected chi connectivity index (χ0v) is 15.5. The number of carbonyl (C=O) groups is 1. The van der Waals surface area contributed by atoms with E-state index in [-0.39, 0.29) is 11.8 Å². The summed E-state index contributed by atoms with van der Waals surface area (Å²) in [6.45, 7) is 3.94. The minimum atomic E-state index is -0.446. The predicted molar refractivity (Wildman–Crippen MR) is 102 cm³/mol. The number of aliphatic imine (C=N–C) groups is 1. The third-order valence-corrected chi connectivity index (χ3v) is 3.96. The molecule has 0 saturated carbocycles. The number of benzene rings is 2. The van der Waals surface area contributed by atoms with Crippen molar-refractivity contribution in [3.63, 3.8) is 0 Å². The first-order valence-corrected chi connectivity index (χ1v) is 8.64. The molecule has 1 heterocycles. The van der Waals surface area contributed by atoms with Crippen LogP contribution in [-0.2, 0) is 9.53 Å². The van der Waals surface area contributed by atoms with Crippen LogP contribution in [0.25, 0.3) is 6.08 Å². The van der Waals surface area contributed by atoms with Gasteiger partial charge < -0.3 is 9.47 Å². The third kappa shape index (κ3) is 4.03. The van der Waals surface area contributed by atoms with E-state index in [0.717, 1.165) is 20.4 Å². The van der Waals surface area contributed by atoms with Gasteiger partial charge in [0.1, 0.15) is 5.75 Å². The van der Waals surface area contributed by atoms with Gasteiger partial charge in [-0.2, -0.15) is 0 Å². The molecule has 0 bridgehead atoms. The summed E-state index contributed by atoms with van der Waals surface area (Å²) in [5.41, 5.74) is 1.90. The Morgan fingerprint density at radius 2 is 1.92 bits per heavy atom. The Kier molecular flexibility index (Phi) is 4.99. The SMILES string of the molecule is CC(C)Oc1cccc(/C=C2\N=C(c3ccc(I)cc3)OC2=O)c1. The molecule has 0 saturated heterocycles. The molecule has 0 unspecified atom stereocenters. The van der Waals surface area contributed by atoms with E-state index < -0.39 is 5.97 Å². The molecule has 24 heavy (non-hydrogen) atoms. The third-order valence-electron chi connectivity index (χ3n) is 3.24. The van der Waals surface area contributed by atoms with Crippen molar-refractivity contribution in [2.24, 2.45) is 4.99 Å². The molecular formula is C19H16INO3. The van der Waals surface area contributed by atoms with E-state index in [4.69, 9.17) is 9.47 Å². The van der Waals surface area contributed by atoms with Gasteiger partial charge in [-0.05, 0) is 84.5 Å². The number of hydrogen-bond acceptors (Lipinski definition) is 4. The average Bonchev–Trinajstić information content (AvgIpc) is 2.89. The fraction of sp³-hybridized carbons (Fsp3) is 0.158. The normalized spacial score (nSPS) is 15.6. The molecule has 5 heteroatoms. The quantitative estimate of drug-likeness (QED) is 0.408. The lowest BCUT2D eigenvalue weighted by molar-refractivity contribution is -0.129. The second kappa shape index (κ2) is 7.17. The van der Waals surface area contributed by atoms with Crippen LogP contribution >= 0.6 is 22.6 Å². The van der Waals surface area contributed by atoms with Crippen LogP contribution in [0.2, 0.25) is 0 Å². The van der Waals surface area contributed by atoms with Crippen LogP contribution in [0.4, 0.5) is 0 Å². The van der Waals surface area contributed by atoms with Gasteiger partial charge in [-0.1, -0.05) is 12.1 Å². The monoisotopic (exact) mass is 433 g/mol. The van der Waals surface area contributed by atoms with Crippen LogP contribution in [-0.4, -0.2) is 18.0 Å². The summed E-state index contributed by atoms with van der Waals surface area (Å²) >= 11 is 2.22. The molecule has 0 aliphatic carbocycles. The van der Waals surface area contributed by atoms with Gasteiger partial charge in [0, 0.05) is 9.13 Å². The maximum absolute atomic E-state index is 12.1. The summed E-state index contributed by atoms with van der Waals surface area (Å²) in [5, 5.41) is 0. The van der Waals surface area contributed by atoms with Gasteiger partial charge in [0.2, 0.25) is 5.90 Å². The molecule has 1 aliphatic rings. The fourth-order valence-corrected chi connectivity index (χ4v) is 2.59. The number of halogens is 1. The molecule has 122 valence electrons. The zero-order valence-electron chi connectivity index (χ0n) is 13.3. The van der Waals surface area contributed by atoms with Gasteiger partial charge in [-0.25, -0.2) is 9.79 Å². The molecule has 0 amide bonds. The van der Waals surface area contributed by atoms with Crippen LogP contribution in [0.3, 0.4) is 0 Å². The second-order valence-corrected chi connectivity index (χ2v) is 6.83. The van der Waals surface area contributed by atoms with Crippen molar-refractivity contribution in [2.45, 2.75) is 20.0 Å². The molecule has 0 radical (unpaired) electrons. The average molecular weight is 433 g/mol. The Bertz CT molecular complexity index is 823. The lowest BCUT2D eigenvalue weighted by Gasteiger charge is -2.09. The van der Waals surface area contributed by atoms with Crippen molar-refractivity contribution in [3.05, 3.63) is 68.9 Å². The lowest BCUT2D eigenvalue weighted by Crippen LogP contribution is -2.05. The molecule has 0 atom stereocenters. The van der Waals surface area contributed by atoms with Crippen LogP contribution in [0.5, 0.6) is 5.75 Å². The van der Waals surface area contributed by atoms with Gasteiger partial charge in [-0.3, -0.25) is 0 Å². The molecule has 0 spiro atoms. The van der Waals surface area contributed by atoms with E-state index in [1.165, 1.54) is 0 Å². The standard InChI is InChI=1S/C19H16INO3/c1-12(2)23-16-5-3-4-13(10-16)11-17-19(22)24-18(21-17)14-6-8-15(20)9-7-14/h3-12H,1-2H3/b17-11-. The molecule has 2 aromatic carbocycles. The Morgan fingerprint density at radius 3 is 2.62 bits per heavy atom. The van der Waals surface area contributed by atoms with E-state index in [1.54, 1.807) is 6.08 Å². The number of ether oxygens (including phenoxy) is 2. The maximum Gasteiger partial charge on any atom is 0.363 e. The number of hydrogen-bond donors (Lipinski definition) is 0. The molecule has 0 aromatic heterocycles. The molecule has 3 rings (SSSR count). The number of nitrogens with zero attached hydrogens (tertiary/aromatic N) is 1. The Hall–Kier alpha value is -2.15. The van der Waals surface area contributed by atoms with Gasteiger partial charge in [0.15, 0.2) is 5.70 Å². The topological polar surface area (TPSA) is 47.9 Å². The molecular weight excluding hydrogens is 417 g/mol. The molecule has 1 aliphatic heterocycles. The fourth-order valence-electron chi connectivity index (χ4n) is 2.23. The minimum Gasteiger partial charge on any atom is -0.491 e. The Morgan fingerprint density at radius 1 is 1.17 bits per heavy atom. The summed E-state index contributed by atoms with van der Waals surface area (Å²) in [7, 11) is 0. The van der Waals surface area contributed by atoms with Crippen LogP contribution in [0, 0.1) is 3.57 Å². The van der Waals surface area contributed by atoms with Gasteiger partial charge in [-0.15, -0.1) is 0 Å². The van der Waals surface area contributed by atoms with E-state index in [2.05, 4.69) is 27.6 Å². The van der Waals surface area contributed by atoms with Crippen molar-refractivity contribution >= 4 is 40.5 Å². The predicted octanol–water partition coefficient (Wildman–Crippen LogP) is 4.42. The van der Waals surface area contributed by atoms with Crippen LogP contribution < -0.4 is 4.74 Å². The summed E-state index contributed by atoms with van der Waals surface area (Å²) in [6, 6.07) is 15.2. The highest BCUT2D eigenvalue weighted by Crippen LogP contribution is 2.22. The van der Waals surface area contributed by atoms with Crippen molar-refractivity contribution in [2.75, 3.05) is 0 Å². The van der Waals surface area contributed by atoms with Crippen molar-refractivity contribution in [1.29, 1.82) is 0 Å². The number of esters is 1. The van der Waals surface area contributed by atoms with E-state index >= 15 is 0 Å². The highest BCUT2D eigenvalue weighted by molar-refractivity contribution is 14.1. The zero-order chi connectivity index (χ0) is 17.1. The number of rotatable bonds is 4. The van der Waals surface area contributed by atoms with Gasteiger partial charge in [0.05, 0.1) is 6.10 Å². The minimum absolute atomic E-state index is 0.0925. The lowest BCUT2D eigenvalue weighted by atomic mass is 10.2. The largest absolute Gasteiger partial charge is 0.491 e. The number of cyclic esters (lactones) is 1. The summed E-state index contributed by atoms with van der Waals surface area (Å²) in [6.07, 6.45) is 1.80. The van der Waals surface area contributed by atoms with E-state index in [1.807, 2.05) is 62.4 Å². The van der Waals surface area contributed by atoms with Gasteiger partial charge >= 0.3 is 5.97 Å². The van der Waals surface area contributed by atoms with Crippen molar-refractivity contribution in [1.82, 2.24) is 0 Å². The first-order valence-electron chi connectivity index (χ1n) is 7.56. The summed E-state index contributed by atoms with van der Waals surface area (Å²) in [4.78, 5) is 16.4. The highest BCUT2D eigenvalue weighted by atomic mass is 127. The first kappa shape index (κ1) is 16.7. The van der Waals surface area contributed by atoms with Gasteiger partial charge in [0.25, 0.3) is 0 Å². The smallest absolute Gasteiger partial charge is 0.363 e. The van der Waals surface area contributed by atoms with E-state index in [9.17, 15) is 4.79 Å². The van der Waals surface area contributed by atoms with Crippen LogP contribution in [0.1, 0.15) is 25.0 Å². The summed E-state index contributed by atoms with van der Waals surface area (Å²) < 4.78 is 12.1. The van der Waals surface area contributed by atoms with Crippen molar-refractivity contribution < 1.29 is 14.3 Å². The number of carbonyl (C=O) groups excluding carboxylic acids is 1. The molecule has 4 nitrogen and oxygen atoms in total. The molecule has 0 fully saturated rings. The van der Waals surface area contributed by atoms with E-state index in [0.29, 0.717) is 5.90 Å². The summed E-state index contributed by atoms with van der Waals surface area (Å²) in [5.74, 6) is 0.642. The van der Waals surface area contributed by atoms with Crippen molar-refractivity contribution in [3.8, 4) is 5.75 Å². The second-order valence-electron chi connectivity index (χ2n) is 5.58. The maximum atomic E-state index is 12.1. The Labute approximate surface area is 154 Å². The Balaban J connectivity index is 1.87. The molecule has 0 N–H and O–H groups in total. The van der Waals surface area contributed by atoms with Crippen LogP contribution in [0.15, 0.2) is 59.2 Å². The molecule has 2 aromatic rings.